The van der Waals surface area contributed by atoms with Gasteiger partial charge in [0.25, 0.3) is 10.0 Å². The lowest BCUT2D eigenvalue weighted by Crippen LogP contribution is -2.14. The Balaban J connectivity index is 2.42. The summed E-state index contributed by atoms with van der Waals surface area (Å²) in [6, 6.07) is 3.11. The Morgan fingerprint density at radius 3 is 2.63 bits per heavy atom. The van der Waals surface area contributed by atoms with Crippen molar-refractivity contribution in [3.8, 4) is 0 Å². The molecule has 0 atom stereocenters. The van der Waals surface area contributed by atoms with Crippen LogP contribution in [-0.2, 0) is 10.0 Å². The van der Waals surface area contributed by atoms with Crippen LogP contribution in [0.5, 0.6) is 0 Å². The van der Waals surface area contributed by atoms with Crippen LogP contribution in [0.25, 0.3) is 0 Å². The summed E-state index contributed by atoms with van der Waals surface area (Å²) in [7, 11) is -3.67. The van der Waals surface area contributed by atoms with Crippen molar-refractivity contribution in [1.82, 2.24) is 4.98 Å². The molecule has 19 heavy (non-hydrogen) atoms. The normalized spacial score (nSPS) is 11.5. The molecule has 0 aliphatic rings. The molecule has 0 radical (unpaired) electrons. The van der Waals surface area contributed by atoms with Crippen LogP contribution >= 0.6 is 27.3 Å². The minimum absolute atomic E-state index is 0.154. The van der Waals surface area contributed by atoms with Crippen molar-refractivity contribution in [2.45, 2.75) is 18.7 Å². The van der Waals surface area contributed by atoms with Crippen LogP contribution in [0.4, 0.5) is 10.8 Å². The van der Waals surface area contributed by atoms with Gasteiger partial charge in [-0.25, -0.2) is 13.4 Å². The smallest absolute Gasteiger partial charge is 0.264 e. The van der Waals surface area contributed by atoms with Gasteiger partial charge in [-0.1, -0.05) is 0 Å². The molecule has 0 saturated carbocycles. The molecule has 0 aliphatic heterocycles. The maximum absolute atomic E-state index is 12.3. The summed E-state index contributed by atoms with van der Waals surface area (Å²) in [6.07, 6.45) is 0. The van der Waals surface area contributed by atoms with E-state index in [1.165, 1.54) is 17.4 Å². The van der Waals surface area contributed by atoms with Crippen LogP contribution in [0.2, 0.25) is 0 Å². The summed E-state index contributed by atoms with van der Waals surface area (Å²) in [4.78, 5) is 4.23. The van der Waals surface area contributed by atoms with Gasteiger partial charge in [-0.2, -0.15) is 0 Å². The highest BCUT2D eigenvalue weighted by atomic mass is 79.9. The van der Waals surface area contributed by atoms with E-state index in [1.54, 1.807) is 25.3 Å². The summed E-state index contributed by atoms with van der Waals surface area (Å²) >= 11 is 4.51. The molecule has 1 aromatic heterocycles. The number of rotatable bonds is 3. The molecule has 0 bridgehead atoms. The van der Waals surface area contributed by atoms with Gasteiger partial charge < -0.3 is 5.73 Å². The van der Waals surface area contributed by atoms with Crippen LogP contribution in [0.1, 0.15) is 11.3 Å². The molecule has 0 unspecified atom stereocenters. The molecule has 0 amide bonds. The lowest BCUT2D eigenvalue weighted by molar-refractivity contribution is 0.600. The van der Waals surface area contributed by atoms with E-state index in [2.05, 4.69) is 25.6 Å². The number of halogens is 1. The van der Waals surface area contributed by atoms with E-state index in [1.807, 2.05) is 0 Å². The second-order valence-corrected chi connectivity index (χ2v) is 7.40. The zero-order chi connectivity index (χ0) is 14.2. The van der Waals surface area contributed by atoms with Gasteiger partial charge in [0.05, 0.1) is 10.6 Å². The van der Waals surface area contributed by atoms with Gasteiger partial charge in [0, 0.05) is 15.5 Å². The Morgan fingerprint density at radius 2 is 2.05 bits per heavy atom. The Morgan fingerprint density at radius 1 is 1.37 bits per heavy atom. The summed E-state index contributed by atoms with van der Waals surface area (Å²) in [5, 5.41) is 2.12. The molecular formula is C11H12BrN3O2S2. The molecule has 2 rings (SSSR count). The highest BCUT2D eigenvalue weighted by Crippen LogP contribution is 2.28. The van der Waals surface area contributed by atoms with Crippen molar-refractivity contribution in [1.29, 1.82) is 0 Å². The molecule has 1 heterocycles. The highest BCUT2D eigenvalue weighted by Gasteiger charge is 2.19. The number of nitrogen functional groups attached to an aromatic ring is 1. The second kappa shape index (κ2) is 5.10. The standard InChI is InChI=1S/C11H12BrN3O2S2/c1-6-3-8(12)9(13)4-10(6)19(16,17)15-11-14-7(2)5-18-11/h3-5H,13H2,1-2H3,(H,14,15). The van der Waals surface area contributed by atoms with Gasteiger partial charge in [-0.3, -0.25) is 4.72 Å². The Labute approximate surface area is 124 Å². The van der Waals surface area contributed by atoms with E-state index in [-0.39, 0.29) is 4.90 Å². The van der Waals surface area contributed by atoms with Gasteiger partial charge in [-0.05, 0) is 47.5 Å². The van der Waals surface area contributed by atoms with Crippen molar-refractivity contribution < 1.29 is 8.42 Å². The van der Waals surface area contributed by atoms with Gasteiger partial charge in [0.1, 0.15) is 0 Å². The van der Waals surface area contributed by atoms with Gasteiger partial charge in [-0.15, -0.1) is 11.3 Å². The molecule has 102 valence electrons. The first-order valence-electron chi connectivity index (χ1n) is 5.30. The average molecular weight is 362 g/mol. The predicted molar refractivity (Wildman–Crippen MR) is 81.0 cm³/mol. The van der Waals surface area contributed by atoms with Crippen molar-refractivity contribution in [2.75, 3.05) is 10.5 Å². The summed E-state index contributed by atoms with van der Waals surface area (Å²) in [6.45, 7) is 3.52. The number of aromatic nitrogens is 1. The number of thiazole rings is 1. The molecule has 0 spiro atoms. The fourth-order valence-corrected chi connectivity index (χ4v) is 4.19. The SMILES string of the molecule is Cc1csc(NS(=O)(=O)c2cc(N)c(Br)cc2C)n1. The number of nitrogens with one attached hydrogen (secondary N) is 1. The fraction of sp³-hybridized carbons (Fsp3) is 0.182. The van der Waals surface area contributed by atoms with Crippen molar-refractivity contribution in [2.24, 2.45) is 0 Å². The van der Waals surface area contributed by atoms with Crippen molar-refractivity contribution >= 4 is 48.1 Å². The third-order valence-electron chi connectivity index (χ3n) is 2.42. The van der Waals surface area contributed by atoms with E-state index >= 15 is 0 Å². The summed E-state index contributed by atoms with van der Waals surface area (Å²) in [5.74, 6) is 0. The first-order chi connectivity index (χ1) is 8.79. The molecule has 1 aromatic carbocycles. The van der Waals surface area contributed by atoms with Crippen LogP contribution < -0.4 is 10.5 Å². The number of nitrogens with two attached hydrogens (primary N) is 1. The maximum Gasteiger partial charge on any atom is 0.264 e. The number of benzene rings is 1. The number of nitrogens with zero attached hydrogens (tertiary/aromatic N) is 1. The lowest BCUT2D eigenvalue weighted by Gasteiger charge is -2.10. The molecule has 0 saturated heterocycles. The zero-order valence-electron chi connectivity index (χ0n) is 10.3. The summed E-state index contributed by atoms with van der Waals surface area (Å²) in [5.41, 5.74) is 7.49. The molecular weight excluding hydrogens is 350 g/mol. The third-order valence-corrected chi connectivity index (χ3v) is 5.60. The Kier molecular flexibility index (Phi) is 3.84. The number of sulfonamides is 1. The van der Waals surface area contributed by atoms with Crippen LogP contribution in [0.15, 0.2) is 26.9 Å². The molecule has 8 heteroatoms. The fourth-order valence-electron chi connectivity index (χ4n) is 1.53. The van der Waals surface area contributed by atoms with Crippen LogP contribution in [0.3, 0.4) is 0 Å². The molecule has 5 nitrogen and oxygen atoms in total. The van der Waals surface area contributed by atoms with Gasteiger partial charge >= 0.3 is 0 Å². The highest BCUT2D eigenvalue weighted by molar-refractivity contribution is 9.10. The van der Waals surface area contributed by atoms with Crippen molar-refractivity contribution in [3.63, 3.8) is 0 Å². The van der Waals surface area contributed by atoms with E-state index in [9.17, 15) is 8.42 Å². The van der Waals surface area contributed by atoms with Crippen LogP contribution in [-0.4, -0.2) is 13.4 Å². The number of hydrogen-bond donors (Lipinski definition) is 2. The molecule has 0 fully saturated rings. The van der Waals surface area contributed by atoms with Crippen molar-refractivity contribution in [3.05, 3.63) is 33.2 Å². The Bertz CT molecular complexity index is 726. The monoisotopic (exact) mass is 361 g/mol. The zero-order valence-corrected chi connectivity index (χ0v) is 13.5. The minimum Gasteiger partial charge on any atom is -0.398 e. The largest absolute Gasteiger partial charge is 0.398 e. The number of aryl methyl sites for hydroxylation is 2. The van der Waals surface area contributed by atoms with Crippen LogP contribution in [0, 0.1) is 13.8 Å². The van der Waals surface area contributed by atoms with E-state index in [4.69, 9.17) is 5.73 Å². The molecule has 2 aromatic rings. The maximum atomic E-state index is 12.3. The molecule has 3 N–H and O–H groups in total. The van der Waals surface area contributed by atoms with E-state index in [0.29, 0.717) is 20.9 Å². The third kappa shape index (κ3) is 3.07. The van der Waals surface area contributed by atoms with E-state index in [0.717, 1.165) is 5.69 Å². The summed E-state index contributed by atoms with van der Waals surface area (Å²) < 4.78 is 27.7. The topological polar surface area (TPSA) is 85.1 Å². The molecule has 0 aliphatic carbocycles. The van der Waals surface area contributed by atoms with Gasteiger partial charge in [0.2, 0.25) is 0 Å². The Hall–Kier alpha value is -1.12. The first kappa shape index (κ1) is 14.3. The second-order valence-electron chi connectivity index (χ2n) is 4.04. The van der Waals surface area contributed by atoms with Gasteiger partial charge in [0.15, 0.2) is 5.13 Å². The minimum atomic E-state index is -3.67. The average Bonchev–Trinajstić information content (AvgIpc) is 2.68. The lowest BCUT2D eigenvalue weighted by atomic mass is 10.2. The predicted octanol–water partition coefficient (Wildman–Crippen LogP) is 2.91. The van der Waals surface area contributed by atoms with E-state index < -0.39 is 10.0 Å². The first-order valence-corrected chi connectivity index (χ1v) is 8.46. The number of anilines is 2. The number of hydrogen-bond acceptors (Lipinski definition) is 5. The quantitative estimate of drug-likeness (QED) is 0.823.